The Morgan fingerprint density at radius 3 is 1.67 bits per heavy atom. The molecule has 4 N–H and O–H groups in total. The Morgan fingerprint density at radius 1 is 0.889 bits per heavy atom. The van der Waals surface area contributed by atoms with Gasteiger partial charge in [0.1, 0.15) is 0 Å². The second-order valence-corrected chi connectivity index (χ2v) is 6.11. The summed E-state index contributed by atoms with van der Waals surface area (Å²) in [6.07, 6.45) is 9.61. The number of amides is 2. The van der Waals surface area contributed by atoms with Crippen LogP contribution in [0.5, 0.6) is 0 Å². The fraction of sp³-hybridized carbons (Fsp3) is 0.846. The predicted molar refractivity (Wildman–Crippen MR) is 77.3 cm³/mol. The van der Waals surface area contributed by atoms with Crippen LogP contribution in [0.25, 0.3) is 0 Å². The fourth-order valence-corrected chi connectivity index (χ4v) is 2.15. The minimum absolute atomic E-state index is 0.382. The molecule has 0 atom stereocenters. The molecule has 0 aromatic carbocycles. The summed E-state index contributed by atoms with van der Waals surface area (Å²) in [5.41, 5.74) is 10.4. The number of halogens is 1. The van der Waals surface area contributed by atoms with Gasteiger partial charge in [0, 0.05) is 0 Å². The summed E-state index contributed by atoms with van der Waals surface area (Å²) in [5.74, 6) is -1.39. The second-order valence-electron chi connectivity index (χ2n) is 4.75. The van der Waals surface area contributed by atoms with Crippen LogP contribution in [-0.2, 0) is 9.59 Å². The van der Waals surface area contributed by atoms with Crippen molar-refractivity contribution in [2.45, 2.75) is 69.0 Å². The molecular weight excluding hydrogens is 296 g/mol. The van der Waals surface area contributed by atoms with Crippen molar-refractivity contribution in [1.29, 1.82) is 0 Å². The molecule has 0 rings (SSSR count). The van der Waals surface area contributed by atoms with Crippen LogP contribution < -0.4 is 11.5 Å². The van der Waals surface area contributed by atoms with Crippen molar-refractivity contribution >= 4 is 27.7 Å². The number of hydrogen-bond acceptors (Lipinski definition) is 2. The summed E-state index contributed by atoms with van der Waals surface area (Å²) in [6.45, 7) is 2.20. The van der Waals surface area contributed by atoms with E-state index in [1.807, 2.05) is 0 Å². The van der Waals surface area contributed by atoms with Gasteiger partial charge < -0.3 is 11.5 Å². The Morgan fingerprint density at radius 2 is 1.28 bits per heavy atom. The monoisotopic (exact) mass is 320 g/mol. The first-order valence-corrected chi connectivity index (χ1v) is 7.53. The Kier molecular flexibility index (Phi) is 9.06. The quantitative estimate of drug-likeness (QED) is 0.348. The molecule has 18 heavy (non-hydrogen) atoms. The number of rotatable bonds is 11. The first kappa shape index (κ1) is 17.4. The number of primary amides is 2. The normalized spacial score (nSPS) is 11.4. The summed E-state index contributed by atoms with van der Waals surface area (Å²) in [5, 5.41) is 0. The van der Waals surface area contributed by atoms with Crippen molar-refractivity contribution in [3.05, 3.63) is 0 Å². The van der Waals surface area contributed by atoms with Gasteiger partial charge in [-0.15, -0.1) is 0 Å². The van der Waals surface area contributed by atoms with Crippen molar-refractivity contribution < 1.29 is 9.59 Å². The van der Waals surface area contributed by atoms with Gasteiger partial charge in [-0.2, -0.15) is 0 Å². The van der Waals surface area contributed by atoms with Crippen LogP contribution in [0.4, 0.5) is 0 Å². The van der Waals surface area contributed by atoms with Gasteiger partial charge in [-0.1, -0.05) is 74.2 Å². The number of alkyl halides is 1. The van der Waals surface area contributed by atoms with Crippen LogP contribution in [0.3, 0.4) is 0 Å². The number of carbonyl (C=O) groups excluding carboxylic acids is 2. The SMILES string of the molecule is CCCCCCCCCCC(Br)(C(N)=O)C(N)=O. The number of hydrogen-bond donors (Lipinski definition) is 2. The van der Waals surface area contributed by atoms with Crippen molar-refractivity contribution in [2.24, 2.45) is 11.5 Å². The van der Waals surface area contributed by atoms with Crippen LogP contribution in [0.15, 0.2) is 0 Å². The van der Waals surface area contributed by atoms with Gasteiger partial charge in [0.05, 0.1) is 0 Å². The van der Waals surface area contributed by atoms with Gasteiger partial charge in [0.2, 0.25) is 11.8 Å². The highest BCUT2D eigenvalue weighted by Crippen LogP contribution is 2.25. The van der Waals surface area contributed by atoms with E-state index in [1.54, 1.807) is 0 Å². The average molecular weight is 321 g/mol. The molecule has 0 aliphatic heterocycles. The largest absolute Gasteiger partial charge is 0.368 e. The van der Waals surface area contributed by atoms with Crippen molar-refractivity contribution in [3.63, 3.8) is 0 Å². The molecule has 0 saturated heterocycles. The van der Waals surface area contributed by atoms with E-state index >= 15 is 0 Å². The molecule has 0 saturated carbocycles. The second kappa shape index (κ2) is 9.36. The molecule has 0 aromatic heterocycles. The van der Waals surface area contributed by atoms with E-state index in [0.29, 0.717) is 6.42 Å². The molecule has 2 amide bonds. The highest BCUT2D eigenvalue weighted by molar-refractivity contribution is 9.10. The van der Waals surface area contributed by atoms with Crippen LogP contribution in [0.1, 0.15) is 64.7 Å². The van der Waals surface area contributed by atoms with Crippen LogP contribution in [0, 0.1) is 0 Å². The summed E-state index contributed by atoms with van der Waals surface area (Å²) in [7, 11) is 0. The fourth-order valence-electron chi connectivity index (χ4n) is 1.87. The lowest BCUT2D eigenvalue weighted by atomic mass is 9.98. The average Bonchev–Trinajstić information content (AvgIpc) is 2.31. The van der Waals surface area contributed by atoms with E-state index in [4.69, 9.17) is 11.5 Å². The molecule has 0 heterocycles. The maximum Gasteiger partial charge on any atom is 0.243 e. The molecule has 5 heteroatoms. The first-order valence-electron chi connectivity index (χ1n) is 6.74. The first-order chi connectivity index (χ1) is 8.45. The molecule has 106 valence electrons. The van der Waals surface area contributed by atoms with Gasteiger partial charge in [-0.3, -0.25) is 9.59 Å². The van der Waals surface area contributed by atoms with Crippen LogP contribution in [0.2, 0.25) is 0 Å². The lowest BCUT2D eigenvalue weighted by molar-refractivity contribution is -0.129. The third kappa shape index (κ3) is 6.38. The summed E-state index contributed by atoms with van der Waals surface area (Å²) in [4.78, 5) is 22.4. The zero-order chi connectivity index (χ0) is 14.0. The Labute approximate surface area is 118 Å². The molecule has 0 unspecified atom stereocenters. The molecule has 0 aliphatic rings. The highest BCUT2D eigenvalue weighted by Gasteiger charge is 2.39. The van der Waals surface area contributed by atoms with Gasteiger partial charge in [0.15, 0.2) is 4.32 Å². The molecule has 0 fully saturated rings. The van der Waals surface area contributed by atoms with Gasteiger partial charge in [0.25, 0.3) is 0 Å². The Hall–Kier alpha value is -0.580. The lowest BCUT2D eigenvalue weighted by Gasteiger charge is -2.19. The van der Waals surface area contributed by atoms with E-state index < -0.39 is 16.1 Å². The minimum Gasteiger partial charge on any atom is -0.368 e. The van der Waals surface area contributed by atoms with E-state index in [1.165, 1.54) is 32.1 Å². The number of unbranched alkanes of at least 4 members (excludes halogenated alkanes) is 7. The molecule has 0 aromatic rings. The predicted octanol–water partition coefficient (Wildman–Crippen LogP) is 2.62. The van der Waals surface area contributed by atoms with Crippen molar-refractivity contribution in [2.75, 3.05) is 0 Å². The molecule has 0 radical (unpaired) electrons. The smallest absolute Gasteiger partial charge is 0.243 e. The topological polar surface area (TPSA) is 86.2 Å². The Bertz CT molecular complexity index is 256. The van der Waals surface area contributed by atoms with Crippen molar-refractivity contribution in [1.82, 2.24) is 0 Å². The van der Waals surface area contributed by atoms with Gasteiger partial charge in [-0.05, 0) is 6.42 Å². The number of carbonyl (C=O) groups is 2. The summed E-state index contributed by atoms with van der Waals surface area (Å²) in [6, 6.07) is 0. The molecular formula is C13H25BrN2O2. The van der Waals surface area contributed by atoms with E-state index in [-0.39, 0.29) is 0 Å². The van der Waals surface area contributed by atoms with Gasteiger partial charge in [-0.25, -0.2) is 0 Å². The van der Waals surface area contributed by atoms with E-state index in [0.717, 1.165) is 19.3 Å². The zero-order valence-corrected chi connectivity index (χ0v) is 12.8. The summed E-state index contributed by atoms with van der Waals surface area (Å²) >= 11 is 3.07. The lowest BCUT2D eigenvalue weighted by Crippen LogP contribution is -2.49. The van der Waals surface area contributed by atoms with Crippen LogP contribution >= 0.6 is 15.9 Å². The van der Waals surface area contributed by atoms with Crippen molar-refractivity contribution in [3.8, 4) is 0 Å². The standard InChI is InChI=1S/C13H25BrN2O2/c1-2-3-4-5-6-7-8-9-10-13(14,11(15)17)12(16)18/h2-10H2,1H3,(H2,15,17)(H2,16,18). The van der Waals surface area contributed by atoms with E-state index in [2.05, 4.69) is 22.9 Å². The third-order valence-electron chi connectivity index (χ3n) is 3.16. The van der Waals surface area contributed by atoms with Gasteiger partial charge >= 0.3 is 0 Å². The Balaban J connectivity index is 3.70. The summed E-state index contributed by atoms with van der Waals surface area (Å²) < 4.78 is -1.37. The zero-order valence-electron chi connectivity index (χ0n) is 11.2. The molecule has 4 nitrogen and oxygen atoms in total. The highest BCUT2D eigenvalue weighted by atomic mass is 79.9. The molecule has 0 aliphatic carbocycles. The number of nitrogens with two attached hydrogens (primary N) is 2. The minimum atomic E-state index is -1.37. The molecule has 0 spiro atoms. The maximum atomic E-state index is 11.2. The van der Waals surface area contributed by atoms with Crippen LogP contribution in [-0.4, -0.2) is 16.1 Å². The van der Waals surface area contributed by atoms with E-state index in [9.17, 15) is 9.59 Å². The maximum absolute atomic E-state index is 11.2. The third-order valence-corrected chi connectivity index (χ3v) is 4.33. The molecule has 0 bridgehead atoms.